The zero-order chi connectivity index (χ0) is 17.2. The number of hydrogen-bond donors (Lipinski definition) is 3. The Balaban J connectivity index is 1.65. The molecular formula is C16H20N4O3S. The van der Waals surface area contributed by atoms with E-state index in [1.807, 2.05) is 6.92 Å². The maximum atomic E-state index is 12.2. The number of carbonyl (C=O) groups excluding carboxylic acids is 1. The summed E-state index contributed by atoms with van der Waals surface area (Å²) in [5, 5.41) is 9.62. The van der Waals surface area contributed by atoms with Crippen LogP contribution < -0.4 is 10.0 Å². The van der Waals surface area contributed by atoms with Crippen LogP contribution in [0.5, 0.6) is 0 Å². The van der Waals surface area contributed by atoms with Gasteiger partial charge in [0.15, 0.2) is 5.69 Å². The third-order valence-electron chi connectivity index (χ3n) is 3.81. The molecule has 3 rings (SSSR count). The normalized spacial score (nSPS) is 14.5. The van der Waals surface area contributed by atoms with Gasteiger partial charge in [0.05, 0.1) is 4.90 Å². The number of amides is 1. The molecule has 24 heavy (non-hydrogen) atoms. The molecule has 0 bridgehead atoms. The highest BCUT2D eigenvalue weighted by molar-refractivity contribution is 7.89. The molecule has 0 spiro atoms. The lowest BCUT2D eigenvalue weighted by Crippen LogP contribution is -2.24. The maximum absolute atomic E-state index is 12.2. The molecule has 0 saturated heterocycles. The summed E-state index contributed by atoms with van der Waals surface area (Å²) < 4.78 is 26.5. The van der Waals surface area contributed by atoms with Crippen molar-refractivity contribution >= 4 is 21.6 Å². The summed E-state index contributed by atoms with van der Waals surface area (Å²) >= 11 is 0. The first-order valence-corrected chi connectivity index (χ1v) is 9.44. The van der Waals surface area contributed by atoms with Gasteiger partial charge in [-0.2, -0.15) is 5.10 Å². The summed E-state index contributed by atoms with van der Waals surface area (Å²) in [4.78, 5) is 12.3. The Morgan fingerprint density at radius 2 is 2.00 bits per heavy atom. The Bertz CT molecular complexity index is 823. The molecular weight excluding hydrogens is 328 g/mol. The molecule has 1 saturated carbocycles. The average Bonchev–Trinajstić information content (AvgIpc) is 3.30. The number of benzene rings is 1. The largest absolute Gasteiger partial charge is 0.321 e. The molecule has 7 nitrogen and oxygen atoms in total. The van der Waals surface area contributed by atoms with Gasteiger partial charge in [-0.15, -0.1) is 0 Å². The highest BCUT2D eigenvalue weighted by Gasteiger charge is 2.26. The number of carbonyl (C=O) groups is 1. The third-order valence-corrected chi connectivity index (χ3v) is 5.29. The van der Waals surface area contributed by atoms with E-state index < -0.39 is 10.0 Å². The lowest BCUT2D eigenvalue weighted by molar-refractivity contribution is 0.102. The molecule has 0 aliphatic heterocycles. The standard InChI is InChI=1S/C16H20N4O3S/c1-2-9-17-24(22,23)13-7-5-12(6-8-13)18-16(21)15-10-14(19-20-15)11-3-4-11/h5-8,10-11,17H,2-4,9H2,1H3,(H,18,21)(H,19,20). The molecule has 0 atom stereocenters. The van der Waals surface area contributed by atoms with Crippen molar-refractivity contribution in [3.63, 3.8) is 0 Å². The molecule has 1 aromatic carbocycles. The summed E-state index contributed by atoms with van der Waals surface area (Å²) in [7, 11) is -3.50. The Kier molecular flexibility index (Phi) is 4.68. The first-order chi connectivity index (χ1) is 11.5. The highest BCUT2D eigenvalue weighted by atomic mass is 32.2. The molecule has 128 valence electrons. The second-order valence-electron chi connectivity index (χ2n) is 5.86. The molecule has 1 aromatic heterocycles. The molecule has 8 heteroatoms. The minimum atomic E-state index is -3.50. The lowest BCUT2D eigenvalue weighted by Gasteiger charge is -2.07. The van der Waals surface area contributed by atoms with Gasteiger partial charge < -0.3 is 5.32 Å². The van der Waals surface area contributed by atoms with E-state index >= 15 is 0 Å². The molecule has 1 aliphatic rings. The molecule has 0 radical (unpaired) electrons. The topological polar surface area (TPSA) is 104 Å². The van der Waals surface area contributed by atoms with Gasteiger partial charge in [0.2, 0.25) is 10.0 Å². The van der Waals surface area contributed by atoms with E-state index in [1.54, 1.807) is 18.2 Å². The van der Waals surface area contributed by atoms with Crippen molar-refractivity contribution in [3.8, 4) is 0 Å². The number of anilines is 1. The van der Waals surface area contributed by atoms with Crippen molar-refractivity contribution in [2.24, 2.45) is 0 Å². The van der Waals surface area contributed by atoms with Gasteiger partial charge >= 0.3 is 0 Å². The van der Waals surface area contributed by atoms with Crippen LogP contribution in [-0.2, 0) is 10.0 Å². The number of hydrogen-bond acceptors (Lipinski definition) is 4. The maximum Gasteiger partial charge on any atom is 0.276 e. The minimum absolute atomic E-state index is 0.171. The summed E-state index contributed by atoms with van der Waals surface area (Å²) in [5.74, 6) is 0.178. The van der Waals surface area contributed by atoms with E-state index in [-0.39, 0.29) is 10.8 Å². The summed E-state index contributed by atoms with van der Waals surface area (Å²) in [5.41, 5.74) is 1.84. The van der Waals surface area contributed by atoms with E-state index in [2.05, 4.69) is 20.2 Å². The van der Waals surface area contributed by atoms with Crippen LogP contribution >= 0.6 is 0 Å². The van der Waals surface area contributed by atoms with E-state index in [4.69, 9.17) is 0 Å². The van der Waals surface area contributed by atoms with Crippen LogP contribution in [0.1, 0.15) is 48.3 Å². The zero-order valence-corrected chi connectivity index (χ0v) is 14.2. The summed E-state index contributed by atoms with van der Waals surface area (Å²) in [6.07, 6.45) is 2.98. The van der Waals surface area contributed by atoms with Crippen molar-refractivity contribution in [2.45, 2.75) is 37.0 Å². The van der Waals surface area contributed by atoms with Crippen LogP contribution in [0.2, 0.25) is 0 Å². The van der Waals surface area contributed by atoms with Crippen LogP contribution in [-0.4, -0.2) is 31.1 Å². The molecule has 3 N–H and O–H groups in total. The van der Waals surface area contributed by atoms with Crippen LogP contribution in [0.15, 0.2) is 35.2 Å². The van der Waals surface area contributed by atoms with Crippen molar-refractivity contribution in [1.29, 1.82) is 0 Å². The first kappa shape index (κ1) is 16.7. The zero-order valence-electron chi connectivity index (χ0n) is 13.4. The Hall–Kier alpha value is -2.19. The molecule has 0 unspecified atom stereocenters. The first-order valence-electron chi connectivity index (χ1n) is 7.96. The van der Waals surface area contributed by atoms with Crippen LogP contribution in [0.25, 0.3) is 0 Å². The quantitative estimate of drug-likeness (QED) is 0.713. The molecule has 2 aromatic rings. The van der Waals surface area contributed by atoms with Crippen LogP contribution in [0, 0.1) is 0 Å². The van der Waals surface area contributed by atoms with Crippen LogP contribution in [0.4, 0.5) is 5.69 Å². The second kappa shape index (κ2) is 6.74. The fourth-order valence-corrected chi connectivity index (χ4v) is 3.42. The van der Waals surface area contributed by atoms with Gasteiger partial charge in [0.25, 0.3) is 5.91 Å². The molecule has 1 aliphatic carbocycles. The number of nitrogens with zero attached hydrogens (tertiary/aromatic N) is 1. The number of rotatable bonds is 7. The molecule has 1 amide bonds. The lowest BCUT2D eigenvalue weighted by atomic mass is 10.2. The Labute approximate surface area is 140 Å². The van der Waals surface area contributed by atoms with Crippen LogP contribution in [0.3, 0.4) is 0 Å². The SMILES string of the molecule is CCCNS(=O)(=O)c1ccc(NC(=O)c2cc(C3CC3)[nH]n2)cc1. The van der Waals surface area contributed by atoms with E-state index in [1.165, 1.54) is 12.1 Å². The van der Waals surface area contributed by atoms with Gasteiger partial charge in [-0.1, -0.05) is 6.92 Å². The van der Waals surface area contributed by atoms with Gasteiger partial charge in [-0.05, 0) is 49.6 Å². The minimum Gasteiger partial charge on any atom is -0.321 e. The summed E-state index contributed by atoms with van der Waals surface area (Å²) in [6.45, 7) is 2.29. The number of sulfonamides is 1. The molecule has 1 fully saturated rings. The van der Waals surface area contributed by atoms with E-state index in [9.17, 15) is 13.2 Å². The van der Waals surface area contributed by atoms with Crippen molar-refractivity contribution in [2.75, 3.05) is 11.9 Å². The predicted molar refractivity (Wildman–Crippen MR) is 90.4 cm³/mol. The monoisotopic (exact) mass is 348 g/mol. The number of H-pyrrole nitrogens is 1. The van der Waals surface area contributed by atoms with E-state index in [0.717, 1.165) is 25.0 Å². The van der Waals surface area contributed by atoms with Crippen molar-refractivity contribution < 1.29 is 13.2 Å². The van der Waals surface area contributed by atoms with Crippen molar-refractivity contribution in [3.05, 3.63) is 41.7 Å². The van der Waals surface area contributed by atoms with Gasteiger partial charge in [0, 0.05) is 23.8 Å². The van der Waals surface area contributed by atoms with E-state index in [0.29, 0.717) is 23.8 Å². The number of aromatic nitrogens is 2. The smallest absolute Gasteiger partial charge is 0.276 e. The fraction of sp³-hybridized carbons (Fsp3) is 0.375. The second-order valence-corrected chi connectivity index (χ2v) is 7.63. The fourth-order valence-electron chi connectivity index (χ4n) is 2.29. The summed E-state index contributed by atoms with van der Waals surface area (Å²) in [6, 6.07) is 7.82. The Morgan fingerprint density at radius 1 is 1.29 bits per heavy atom. The number of nitrogens with one attached hydrogen (secondary N) is 3. The third kappa shape index (κ3) is 3.82. The van der Waals surface area contributed by atoms with Crippen molar-refractivity contribution in [1.82, 2.24) is 14.9 Å². The van der Waals surface area contributed by atoms with Gasteiger partial charge in [-0.25, -0.2) is 13.1 Å². The van der Waals surface area contributed by atoms with Gasteiger partial charge in [0.1, 0.15) is 0 Å². The average molecular weight is 348 g/mol. The molecule has 1 heterocycles. The highest BCUT2D eigenvalue weighted by Crippen LogP contribution is 2.39. The number of aromatic amines is 1. The predicted octanol–water partition coefficient (Wildman–Crippen LogP) is 2.23. The van der Waals surface area contributed by atoms with Gasteiger partial charge in [-0.3, -0.25) is 9.89 Å². The Morgan fingerprint density at radius 3 is 2.62 bits per heavy atom.